The highest BCUT2D eigenvalue weighted by Crippen LogP contribution is 2.18. The summed E-state index contributed by atoms with van der Waals surface area (Å²) in [6.45, 7) is 4.36. The van der Waals surface area contributed by atoms with Crippen molar-refractivity contribution in [1.29, 1.82) is 0 Å². The first-order chi connectivity index (χ1) is 14.2. The van der Waals surface area contributed by atoms with E-state index in [1.165, 1.54) is 11.1 Å². The highest BCUT2D eigenvalue weighted by Gasteiger charge is 1.99. The van der Waals surface area contributed by atoms with Crippen LogP contribution in [0.3, 0.4) is 0 Å². The molecule has 0 aliphatic heterocycles. The summed E-state index contributed by atoms with van der Waals surface area (Å²) in [5.41, 5.74) is 6.45. The number of halogens is 1. The van der Waals surface area contributed by atoms with Gasteiger partial charge in [0.05, 0.1) is 5.02 Å². The molecule has 0 bridgehead atoms. The summed E-state index contributed by atoms with van der Waals surface area (Å²) in [5.74, 6) is 12.8. The van der Waals surface area contributed by atoms with Crippen LogP contribution in [0.15, 0.2) is 66.7 Å². The molecule has 3 aromatic carbocycles. The summed E-state index contributed by atoms with van der Waals surface area (Å²) in [5, 5.41) is 0.718. The van der Waals surface area contributed by atoms with Crippen LogP contribution in [-0.2, 0) is 12.8 Å². The lowest BCUT2D eigenvalue weighted by molar-refractivity contribution is 0.922. The molecule has 0 heterocycles. The first kappa shape index (κ1) is 20.8. The van der Waals surface area contributed by atoms with Gasteiger partial charge in [-0.05, 0) is 72.5 Å². The number of aryl methyl sites for hydroxylation is 2. The Hall–Kier alpha value is -2.93. The molecular formula is C28H25Cl. The highest BCUT2D eigenvalue weighted by atomic mass is 35.5. The number of hydrogen-bond acceptors (Lipinski definition) is 0. The van der Waals surface area contributed by atoms with Gasteiger partial charge in [-0.1, -0.05) is 80.2 Å². The summed E-state index contributed by atoms with van der Waals surface area (Å²) in [7, 11) is 0. The van der Waals surface area contributed by atoms with Gasteiger partial charge in [-0.25, -0.2) is 0 Å². The molecule has 0 N–H and O–H groups in total. The van der Waals surface area contributed by atoms with Gasteiger partial charge in [-0.3, -0.25) is 0 Å². The maximum absolute atomic E-state index is 6.36. The van der Waals surface area contributed by atoms with Crippen LogP contribution in [0.2, 0.25) is 5.02 Å². The second-order valence-corrected chi connectivity index (χ2v) is 7.50. The van der Waals surface area contributed by atoms with Gasteiger partial charge in [-0.2, -0.15) is 0 Å². The van der Waals surface area contributed by atoms with E-state index in [2.05, 4.69) is 67.9 Å². The van der Waals surface area contributed by atoms with Crippen molar-refractivity contribution in [3.8, 4) is 23.7 Å². The van der Waals surface area contributed by atoms with Gasteiger partial charge in [0, 0.05) is 22.3 Å². The van der Waals surface area contributed by atoms with Crippen LogP contribution < -0.4 is 0 Å². The van der Waals surface area contributed by atoms with Crippen molar-refractivity contribution in [1.82, 2.24) is 0 Å². The summed E-state index contributed by atoms with van der Waals surface area (Å²) in [6, 6.07) is 22.6. The fourth-order valence-electron chi connectivity index (χ4n) is 3.07. The smallest absolute Gasteiger partial charge is 0.0565 e. The fourth-order valence-corrected chi connectivity index (χ4v) is 3.32. The second kappa shape index (κ2) is 10.6. The van der Waals surface area contributed by atoms with Gasteiger partial charge in [0.15, 0.2) is 0 Å². The Labute approximate surface area is 179 Å². The molecule has 0 amide bonds. The zero-order valence-corrected chi connectivity index (χ0v) is 17.8. The molecule has 0 spiro atoms. The van der Waals surface area contributed by atoms with Crippen LogP contribution in [0.1, 0.15) is 60.1 Å². The van der Waals surface area contributed by atoms with Gasteiger partial charge >= 0.3 is 0 Å². The third-order valence-electron chi connectivity index (χ3n) is 4.64. The van der Waals surface area contributed by atoms with Crippen molar-refractivity contribution in [2.75, 3.05) is 0 Å². The van der Waals surface area contributed by atoms with Gasteiger partial charge in [0.25, 0.3) is 0 Å². The zero-order valence-electron chi connectivity index (χ0n) is 17.1. The Morgan fingerprint density at radius 1 is 0.586 bits per heavy atom. The van der Waals surface area contributed by atoms with E-state index in [1.54, 1.807) is 0 Å². The SMILES string of the molecule is CCCc1ccc(C#Cc2ccc(C#Cc3ccc(CCC)cc3Cl)cc2)cc1. The van der Waals surface area contributed by atoms with E-state index >= 15 is 0 Å². The average molecular weight is 397 g/mol. The standard InChI is InChI=1S/C28H25Cl/c1-3-5-22-7-9-23(10-8-22)11-12-24-13-15-25(16-14-24)17-19-27-20-18-26(6-4-2)21-28(27)29/h7-10,13-16,18,20-21H,3-6H2,1-2H3. The van der Waals surface area contributed by atoms with E-state index in [0.29, 0.717) is 0 Å². The lowest BCUT2D eigenvalue weighted by Crippen LogP contribution is -1.85. The Morgan fingerprint density at radius 2 is 1.03 bits per heavy atom. The molecule has 1 heteroatoms. The quantitative estimate of drug-likeness (QED) is 0.414. The number of rotatable bonds is 4. The molecule has 3 rings (SSSR count). The minimum Gasteiger partial charge on any atom is -0.0830 e. The first-order valence-electron chi connectivity index (χ1n) is 10.2. The molecule has 0 radical (unpaired) electrons. The van der Waals surface area contributed by atoms with Crippen molar-refractivity contribution >= 4 is 11.6 Å². The second-order valence-electron chi connectivity index (χ2n) is 7.09. The maximum atomic E-state index is 6.36. The van der Waals surface area contributed by atoms with Crippen LogP contribution in [0, 0.1) is 23.7 Å². The van der Waals surface area contributed by atoms with E-state index in [4.69, 9.17) is 11.6 Å². The van der Waals surface area contributed by atoms with Crippen LogP contribution in [0.5, 0.6) is 0 Å². The van der Waals surface area contributed by atoms with Gasteiger partial charge in [-0.15, -0.1) is 0 Å². The first-order valence-corrected chi connectivity index (χ1v) is 10.6. The molecular weight excluding hydrogens is 372 g/mol. The van der Waals surface area contributed by atoms with Crippen molar-refractivity contribution in [3.05, 3.63) is 105 Å². The monoisotopic (exact) mass is 396 g/mol. The van der Waals surface area contributed by atoms with Crippen LogP contribution >= 0.6 is 11.6 Å². The minimum atomic E-state index is 0.718. The van der Waals surface area contributed by atoms with Gasteiger partial charge in [0.1, 0.15) is 0 Å². The Kier molecular flexibility index (Phi) is 7.58. The predicted octanol–water partition coefficient (Wildman–Crippen LogP) is 7.04. The number of hydrogen-bond donors (Lipinski definition) is 0. The van der Waals surface area contributed by atoms with E-state index in [1.807, 2.05) is 36.4 Å². The summed E-state index contributed by atoms with van der Waals surface area (Å²) >= 11 is 6.36. The van der Waals surface area contributed by atoms with Gasteiger partial charge < -0.3 is 0 Å². The molecule has 0 nitrogen and oxygen atoms in total. The summed E-state index contributed by atoms with van der Waals surface area (Å²) in [6.07, 6.45) is 4.43. The zero-order chi connectivity index (χ0) is 20.5. The predicted molar refractivity (Wildman–Crippen MR) is 124 cm³/mol. The fraction of sp³-hybridized carbons (Fsp3) is 0.214. The van der Waals surface area contributed by atoms with Crippen molar-refractivity contribution < 1.29 is 0 Å². The molecule has 0 fully saturated rings. The van der Waals surface area contributed by atoms with Crippen LogP contribution in [0.25, 0.3) is 0 Å². The third-order valence-corrected chi connectivity index (χ3v) is 4.96. The lowest BCUT2D eigenvalue weighted by Gasteiger charge is -2.01. The normalized spacial score (nSPS) is 9.90. The Balaban J connectivity index is 1.68. The van der Waals surface area contributed by atoms with Crippen LogP contribution in [0.4, 0.5) is 0 Å². The average Bonchev–Trinajstić information content (AvgIpc) is 2.74. The highest BCUT2D eigenvalue weighted by molar-refractivity contribution is 6.31. The van der Waals surface area contributed by atoms with Crippen molar-refractivity contribution in [2.24, 2.45) is 0 Å². The van der Waals surface area contributed by atoms with E-state index < -0.39 is 0 Å². The summed E-state index contributed by atoms with van der Waals surface area (Å²) < 4.78 is 0. The van der Waals surface area contributed by atoms with Crippen molar-refractivity contribution in [3.63, 3.8) is 0 Å². The molecule has 3 aromatic rings. The molecule has 0 saturated heterocycles. The molecule has 0 aromatic heterocycles. The minimum absolute atomic E-state index is 0.718. The lowest BCUT2D eigenvalue weighted by atomic mass is 10.1. The van der Waals surface area contributed by atoms with Gasteiger partial charge in [0.2, 0.25) is 0 Å². The molecule has 144 valence electrons. The van der Waals surface area contributed by atoms with E-state index in [0.717, 1.165) is 53.0 Å². The molecule has 0 aliphatic rings. The molecule has 29 heavy (non-hydrogen) atoms. The Bertz CT molecular complexity index is 1070. The van der Waals surface area contributed by atoms with Crippen molar-refractivity contribution in [2.45, 2.75) is 39.5 Å². The topological polar surface area (TPSA) is 0 Å². The molecule has 0 unspecified atom stereocenters. The van der Waals surface area contributed by atoms with E-state index in [-0.39, 0.29) is 0 Å². The maximum Gasteiger partial charge on any atom is 0.0565 e. The third kappa shape index (κ3) is 6.29. The summed E-state index contributed by atoms with van der Waals surface area (Å²) in [4.78, 5) is 0. The van der Waals surface area contributed by atoms with Crippen LogP contribution in [-0.4, -0.2) is 0 Å². The molecule has 0 aliphatic carbocycles. The Morgan fingerprint density at radius 3 is 1.55 bits per heavy atom. The number of benzene rings is 3. The molecule has 0 saturated carbocycles. The molecule has 0 atom stereocenters. The van der Waals surface area contributed by atoms with E-state index in [9.17, 15) is 0 Å². The largest absolute Gasteiger partial charge is 0.0830 e.